The number of carbonyl (C=O) groups excluding carboxylic acids is 1. The number of hydrogen-bond donors (Lipinski definition) is 1. The van der Waals surface area contributed by atoms with Crippen LogP contribution in [0.5, 0.6) is 0 Å². The van der Waals surface area contributed by atoms with Crippen LogP contribution in [0.4, 0.5) is 5.69 Å². The summed E-state index contributed by atoms with van der Waals surface area (Å²) in [5, 5.41) is 19.9. The number of nitrogens with zero attached hydrogens (tertiary/aromatic N) is 2. The Morgan fingerprint density at radius 3 is 2.62 bits per heavy atom. The Morgan fingerprint density at radius 1 is 1.48 bits per heavy atom. The molecule has 0 bridgehead atoms. The Hall–Kier alpha value is -1.37. The molecule has 8 heteroatoms. The minimum atomic E-state index is -0.673. The first-order valence-electron chi connectivity index (χ1n) is 6.36. The third kappa shape index (κ3) is 3.45. The molecule has 114 valence electrons. The minimum Gasteiger partial charge on any atom is -0.393 e. The number of aliphatic hydroxyl groups is 1. The molecule has 0 spiro atoms. The third-order valence-electron chi connectivity index (χ3n) is 3.54. The monoisotopic (exact) mass is 332 g/mol. The summed E-state index contributed by atoms with van der Waals surface area (Å²) >= 11 is 11.6. The first kappa shape index (κ1) is 16.0. The van der Waals surface area contributed by atoms with Gasteiger partial charge in [0, 0.05) is 25.2 Å². The summed E-state index contributed by atoms with van der Waals surface area (Å²) in [6.45, 7) is 0.490. The standard InChI is InChI=1S/C13H14Cl2N2O4/c1-16(6-7-2-9(18)3-7)13(19)8-4-10(14)12(15)11(5-8)17(20)21/h4-5,7,9,18H,2-3,6H2,1H3. The smallest absolute Gasteiger partial charge is 0.290 e. The van der Waals surface area contributed by atoms with Crippen LogP contribution in [0.15, 0.2) is 12.1 Å². The molecule has 0 atom stereocenters. The van der Waals surface area contributed by atoms with Gasteiger partial charge in [-0.1, -0.05) is 23.2 Å². The van der Waals surface area contributed by atoms with Crippen LogP contribution in [0.1, 0.15) is 23.2 Å². The van der Waals surface area contributed by atoms with E-state index in [-0.39, 0.29) is 39.2 Å². The Morgan fingerprint density at radius 2 is 2.10 bits per heavy atom. The maximum Gasteiger partial charge on any atom is 0.290 e. The number of halogens is 2. The van der Waals surface area contributed by atoms with E-state index in [9.17, 15) is 20.0 Å². The SMILES string of the molecule is CN(CC1CC(O)C1)C(=O)c1cc(Cl)c(Cl)c([N+](=O)[O-])c1. The Balaban J connectivity index is 2.16. The molecular weight excluding hydrogens is 319 g/mol. The molecule has 1 amide bonds. The molecule has 0 heterocycles. The molecular formula is C13H14Cl2N2O4. The number of amides is 1. The summed E-state index contributed by atoms with van der Waals surface area (Å²) in [5.74, 6) is -0.107. The lowest BCUT2D eigenvalue weighted by Gasteiger charge is -2.34. The maximum atomic E-state index is 12.3. The zero-order chi connectivity index (χ0) is 15.7. The van der Waals surface area contributed by atoms with E-state index < -0.39 is 4.92 Å². The average molecular weight is 333 g/mol. The molecule has 0 unspecified atom stereocenters. The molecule has 1 N–H and O–H groups in total. The molecule has 1 aromatic carbocycles. The molecule has 1 fully saturated rings. The van der Waals surface area contributed by atoms with Gasteiger partial charge in [0.05, 0.1) is 16.0 Å². The molecule has 2 rings (SSSR count). The van der Waals surface area contributed by atoms with Crippen molar-refractivity contribution in [3.8, 4) is 0 Å². The highest BCUT2D eigenvalue weighted by Crippen LogP contribution is 2.34. The van der Waals surface area contributed by atoms with E-state index in [0.29, 0.717) is 19.4 Å². The fraction of sp³-hybridized carbons (Fsp3) is 0.462. The van der Waals surface area contributed by atoms with Crippen LogP contribution >= 0.6 is 23.2 Å². The fourth-order valence-electron chi connectivity index (χ4n) is 2.37. The normalized spacial score (nSPS) is 20.8. The zero-order valence-electron chi connectivity index (χ0n) is 11.3. The van der Waals surface area contributed by atoms with Crippen molar-refractivity contribution in [3.63, 3.8) is 0 Å². The average Bonchev–Trinajstić information content (AvgIpc) is 2.38. The predicted octanol–water partition coefficient (Wildman–Crippen LogP) is 2.74. The molecule has 1 saturated carbocycles. The van der Waals surface area contributed by atoms with Crippen molar-refractivity contribution in [1.82, 2.24) is 4.90 Å². The van der Waals surface area contributed by atoms with Crippen LogP contribution in [-0.2, 0) is 0 Å². The van der Waals surface area contributed by atoms with Crippen molar-refractivity contribution in [1.29, 1.82) is 0 Å². The van der Waals surface area contributed by atoms with Crippen LogP contribution in [0.25, 0.3) is 0 Å². The van der Waals surface area contributed by atoms with E-state index in [4.69, 9.17) is 23.2 Å². The predicted molar refractivity (Wildman–Crippen MR) is 78.8 cm³/mol. The van der Waals surface area contributed by atoms with Gasteiger partial charge in [0.15, 0.2) is 0 Å². The first-order valence-corrected chi connectivity index (χ1v) is 7.12. The van der Waals surface area contributed by atoms with E-state index in [1.807, 2.05) is 0 Å². The highest BCUT2D eigenvalue weighted by molar-refractivity contribution is 6.43. The molecule has 21 heavy (non-hydrogen) atoms. The van der Waals surface area contributed by atoms with Crippen LogP contribution in [-0.4, -0.2) is 40.5 Å². The summed E-state index contributed by atoms with van der Waals surface area (Å²) < 4.78 is 0. The summed E-state index contributed by atoms with van der Waals surface area (Å²) in [6, 6.07) is 2.45. The highest BCUT2D eigenvalue weighted by Gasteiger charge is 2.30. The second-order valence-corrected chi connectivity index (χ2v) is 6.01. The van der Waals surface area contributed by atoms with Crippen LogP contribution in [0.2, 0.25) is 10.0 Å². The molecule has 1 aliphatic rings. The van der Waals surface area contributed by atoms with Crippen molar-refractivity contribution in [2.24, 2.45) is 5.92 Å². The van der Waals surface area contributed by atoms with E-state index in [2.05, 4.69) is 0 Å². The van der Waals surface area contributed by atoms with Gasteiger partial charge in [-0.2, -0.15) is 0 Å². The summed E-state index contributed by atoms with van der Waals surface area (Å²) in [6.07, 6.45) is 1.04. The molecule has 0 aliphatic heterocycles. The van der Waals surface area contributed by atoms with Crippen LogP contribution in [0, 0.1) is 16.0 Å². The lowest BCUT2D eigenvalue weighted by atomic mass is 9.82. The van der Waals surface area contributed by atoms with E-state index >= 15 is 0 Å². The largest absolute Gasteiger partial charge is 0.393 e. The Labute approximate surface area is 131 Å². The van der Waals surface area contributed by atoms with Gasteiger partial charge < -0.3 is 10.0 Å². The second kappa shape index (κ2) is 6.17. The molecule has 6 nitrogen and oxygen atoms in total. The van der Waals surface area contributed by atoms with Crippen molar-refractivity contribution >= 4 is 34.8 Å². The highest BCUT2D eigenvalue weighted by atomic mass is 35.5. The number of benzene rings is 1. The van der Waals surface area contributed by atoms with Gasteiger partial charge in [-0.25, -0.2) is 0 Å². The number of nitro groups is 1. The van der Waals surface area contributed by atoms with E-state index in [1.165, 1.54) is 11.0 Å². The number of nitro benzene ring substituents is 1. The molecule has 0 aromatic heterocycles. The van der Waals surface area contributed by atoms with Gasteiger partial charge in [-0.3, -0.25) is 14.9 Å². The summed E-state index contributed by atoms with van der Waals surface area (Å²) in [4.78, 5) is 24.0. The lowest BCUT2D eigenvalue weighted by Crippen LogP contribution is -2.39. The van der Waals surface area contributed by atoms with Crippen molar-refractivity contribution < 1.29 is 14.8 Å². The number of hydrogen-bond acceptors (Lipinski definition) is 4. The van der Waals surface area contributed by atoms with Gasteiger partial charge in [-0.05, 0) is 24.8 Å². The number of rotatable bonds is 4. The van der Waals surface area contributed by atoms with Crippen LogP contribution in [0.3, 0.4) is 0 Å². The van der Waals surface area contributed by atoms with Gasteiger partial charge >= 0.3 is 0 Å². The van der Waals surface area contributed by atoms with Crippen LogP contribution < -0.4 is 0 Å². The Kier molecular flexibility index (Phi) is 4.70. The quantitative estimate of drug-likeness (QED) is 0.678. The number of carbonyl (C=O) groups is 1. The van der Waals surface area contributed by atoms with Gasteiger partial charge in [0.25, 0.3) is 11.6 Å². The molecule has 0 radical (unpaired) electrons. The van der Waals surface area contributed by atoms with Gasteiger partial charge in [0.1, 0.15) is 5.02 Å². The third-order valence-corrected chi connectivity index (χ3v) is 4.33. The topological polar surface area (TPSA) is 83.7 Å². The van der Waals surface area contributed by atoms with E-state index in [0.717, 1.165) is 6.07 Å². The zero-order valence-corrected chi connectivity index (χ0v) is 12.8. The molecule has 0 saturated heterocycles. The second-order valence-electron chi connectivity index (χ2n) is 5.23. The fourth-order valence-corrected chi connectivity index (χ4v) is 2.76. The first-order chi connectivity index (χ1) is 9.79. The van der Waals surface area contributed by atoms with Crippen molar-refractivity contribution in [2.75, 3.05) is 13.6 Å². The Bertz CT molecular complexity index is 588. The van der Waals surface area contributed by atoms with Gasteiger partial charge in [-0.15, -0.1) is 0 Å². The van der Waals surface area contributed by atoms with Crippen molar-refractivity contribution in [2.45, 2.75) is 18.9 Å². The minimum absolute atomic E-state index is 0.0262. The van der Waals surface area contributed by atoms with Crippen molar-refractivity contribution in [3.05, 3.63) is 37.9 Å². The summed E-state index contributed by atoms with van der Waals surface area (Å²) in [5.41, 5.74) is -0.265. The van der Waals surface area contributed by atoms with Gasteiger partial charge in [0.2, 0.25) is 0 Å². The summed E-state index contributed by atoms with van der Waals surface area (Å²) in [7, 11) is 1.61. The molecule has 1 aromatic rings. The maximum absolute atomic E-state index is 12.3. The lowest BCUT2D eigenvalue weighted by molar-refractivity contribution is -0.384. The number of aliphatic hydroxyl groups excluding tert-OH is 1. The van der Waals surface area contributed by atoms with E-state index in [1.54, 1.807) is 7.05 Å². The molecule has 1 aliphatic carbocycles.